The lowest BCUT2D eigenvalue weighted by atomic mass is 10.1. The van der Waals surface area contributed by atoms with Crippen molar-refractivity contribution in [3.8, 4) is 0 Å². The largest absolute Gasteiger partial charge is 0.369 e. The number of hydrogen-bond acceptors (Lipinski definition) is 4. The molecule has 1 fully saturated rings. The number of nitrogens with one attached hydrogen (secondary N) is 1. The van der Waals surface area contributed by atoms with Crippen molar-refractivity contribution in [2.75, 3.05) is 23.3 Å². The van der Waals surface area contributed by atoms with Gasteiger partial charge in [0, 0.05) is 18.8 Å². The van der Waals surface area contributed by atoms with Crippen molar-refractivity contribution in [1.82, 2.24) is 14.8 Å². The maximum atomic E-state index is 14.4. The third-order valence-corrected chi connectivity index (χ3v) is 4.29. The van der Waals surface area contributed by atoms with Gasteiger partial charge in [0.1, 0.15) is 18.5 Å². The molecule has 0 saturated carbocycles. The SMILES string of the molecule is C[C@H](Cn1cncn1)C(=O)Nc1ccc(N2CCCCC2)c(F)c1. The first-order valence-corrected chi connectivity index (χ1v) is 8.31. The molecule has 1 amide bonds. The fraction of sp³-hybridized carbons (Fsp3) is 0.471. The predicted molar refractivity (Wildman–Crippen MR) is 90.3 cm³/mol. The highest BCUT2D eigenvalue weighted by atomic mass is 19.1. The quantitative estimate of drug-likeness (QED) is 0.915. The van der Waals surface area contributed by atoms with Gasteiger partial charge < -0.3 is 10.2 Å². The van der Waals surface area contributed by atoms with E-state index in [1.54, 1.807) is 30.1 Å². The molecule has 7 heteroatoms. The van der Waals surface area contributed by atoms with Crippen LogP contribution in [0.15, 0.2) is 30.9 Å². The van der Waals surface area contributed by atoms with Crippen LogP contribution in [-0.2, 0) is 11.3 Å². The summed E-state index contributed by atoms with van der Waals surface area (Å²) in [6.45, 7) is 4.00. The van der Waals surface area contributed by atoms with Crippen molar-refractivity contribution in [1.29, 1.82) is 0 Å². The van der Waals surface area contributed by atoms with Gasteiger partial charge in [-0.2, -0.15) is 5.10 Å². The van der Waals surface area contributed by atoms with Gasteiger partial charge in [0.05, 0.1) is 18.2 Å². The Morgan fingerprint density at radius 1 is 1.33 bits per heavy atom. The second kappa shape index (κ2) is 7.42. The van der Waals surface area contributed by atoms with E-state index in [2.05, 4.69) is 20.3 Å². The van der Waals surface area contributed by atoms with Crippen molar-refractivity contribution in [3.05, 3.63) is 36.7 Å². The molecule has 24 heavy (non-hydrogen) atoms. The minimum atomic E-state index is -0.295. The smallest absolute Gasteiger partial charge is 0.229 e. The molecule has 0 radical (unpaired) electrons. The second-order valence-electron chi connectivity index (χ2n) is 6.22. The van der Waals surface area contributed by atoms with Crippen LogP contribution in [0.1, 0.15) is 26.2 Å². The minimum absolute atomic E-state index is 0.171. The van der Waals surface area contributed by atoms with Crippen LogP contribution >= 0.6 is 0 Å². The van der Waals surface area contributed by atoms with Gasteiger partial charge in [-0.05, 0) is 37.5 Å². The zero-order valence-corrected chi connectivity index (χ0v) is 13.8. The van der Waals surface area contributed by atoms with E-state index in [0.717, 1.165) is 25.9 Å². The Labute approximate surface area is 140 Å². The first-order chi connectivity index (χ1) is 11.6. The molecule has 0 aliphatic carbocycles. The van der Waals surface area contributed by atoms with Crippen LogP contribution in [0, 0.1) is 11.7 Å². The van der Waals surface area contributed by atoms with Gasteiger partial charge in [-0.1, -0.05) is 6.92 Å². The molecule has 128 valence electrons. The topological polar surface area (TPSA) is 63.1 Å². The number of hydrogen-bond donors (Lipinski definition) is 1. The molecule has 1 aromatic heterocycles. The zero-order chi connectivity index (χ0) is 16.9. The lowest BCUT2D eigenvalue weighted by molar-refractivity contribution is -0.119. The van der Waals surface area contributed by atoms with Gasteiger partial charge in [0.15, 0.2) is 0 Å². The van der Waals surface area contributed by atoms with Gasteiger partial charge in [0.25, 0.3) is 0 Å². The van der Waals surface area contributed by atoms with E-state index in [1.807, 2.05) is 0 Å². The van der Waals surface area contributed by atoms with Crippen molar-refractivity contribution in [3.63, 3.8) is 0 Å². The van der Waals surface area contributed by atoms with Crippen molar-refractivity contribution < 1.29 is 9.18 Å². The van der Waals surface area contributed by atoms with Crippen LogP contribution in [0.25, 0.3) is 0 Å². The number of benzene rings is 1. The predicted octanol–water partition coefficient (Wildman–Crippen LogP) is 2.68. The molecule has 1 aliphatic rings. The Bertz CT molecular complexity index is 682. The molecule has 3 rings (SSSR count). The Kier molecular flexibility index (Phi) is 5.08. The summed E-state index contributed by atoms with van der Waals surface area (Å²) in [5, 5.41) is 6.75. The molecule has 2 aromatic rings. The molecule has 1 N–H and O–H groups in total. The molecule has 6 nitrogen and oxygen atoms in total. The van der Waals surface area contributed by atoms with E-state index >= 15 is 0 Å². The number of piperidine rings is 1. The van der Waals surface area contributed by atoms with Gasteiger partial charge in [0.2, 0.25) is 5.91 Å². The normalized spacial score (nSPS) is 16.0. The van der Waals surface area contributed by atoms with E-state index in [4.69, 9.17) is 0 Å². The zero-order valence-electron chi connectivity index (χ0n) is 13.8. The molecule has 2 heterocycles. The lowest BCUT2D eigenvalue weighted by Crippen LogP contribution is -2.30. The number of nitrogens with zero attached hydrogens (tertiary/aromatic N) is 4. The van der Waals surface area contributed by atoms with E-state index < -0.39 is 0 Å². The van der Waals surface area contributed by atoms with Crippen LogP contribution in [0.2, 0.25) is 0 Å². The van der Waals surface area contributed by atoms with Crippen molar-refractivity contribution >= 4 is 17.3 Å². The van der Waals surface area contributed by atoms with Crippen molar-refractivity contribution in [2.45, 2.75) is 32.7 Å². The highest BCUT2D eigenvalue weighted by molar-refractivity contribution is 5.92. The highest BCUT2D eigenvalue weighted by Crippen LogP contribution is 2.26. The summed E-state index contributed by atoms with van der Waals surface area (Å²) in [7, 11) is 0. The average molecular weight is 331 g/mol. The Hall–Kier alpha value is -2.44. The van der Waals surface area contributed by atoms with E-state index in [9.17, 15) is 9.18 Å². The summed E-state index contributed by atoms with van der Waals surface area (Å²) in [5.41, 5.74) is 1.09. The molecule has 1 atom stereocenters. The summed E-state index contributed by atoms with van der Waals surface area (Å²) < 4.78 is 16.0. The van der Waals surface area contributed by atoms with Crippen LogP contribution in [-0.4, -0.2) is 33.8 Å². The van der Waals surface area contributed by atoms with Crippen LogP contribution < -0.4 is 10.2 Å². The first-order valence-electron chi connectivity index (χ1n) is 8.31. The summed E-state index contributed by atoms with van der Waals surface area (Å²) >= 11 is 0. The van der Waals surface area contributed by atoms with Gasteiger partial charge in [-0.15, -0.1) is 0 Å². The van der Waals surface area contributed by atoms with Gasteiger partial charge in [-0.25, -0.2) is 9.37 Å². The standard InChI is InChI=1S/C17H22FN5O/c1-13(10-23-12-19-11-20-23)17(24)21-14-5-6-16(15(18)9-14)22-7-3-2-4-8-22/h5-6,9,11-13H,2-4,7-8,10H2,1H3,(H,21,24)/t13-/m1/s1. The highest BCUT2D eigenvalue weighted by Gasteiger charge is 2.17. The number of anilines is 2. The number of amides is 1. The molecular formula is C17H22FN5O. The molecular weight excluding hydrogens is 309 g/mol. The third-order valence-electron chi connectivity index (χ3n) is 4.29. The number of carbonyl (C=O) groups is 1. The van der Waals surface area contributed by atoms with Crippen LogP contribution in [0.4, 0.5) is 15.8 Å². The fourth-order valence-electron chi connectivity index (χ4n) is 2.93. The number of aromatic nitrogens is 3. The van der Waals surface area contributed by atoms with E-state index in [0.29, 0.717) is 17.9 Å². The number of rotatable bonds is 5. The van der Waals surface area contributed by atoms with Crippen LogP contribution in [0.5, 0.6) is 0 Å². The molecule has 1 saturated heterocycles. The second-order valence-corrected chi connectivity index (χ2v) is 6.22. The van der Waals surface area contributed by atoms with Crippen molar-refractivity contribution in [2.24, 2.45) is 5.92 Å². The first kappa shape index (κ1) is 16.4. The maximum Gasteiger partial charge on any atom is 0.229 e. The average Bonchev–Trinajstić information content (AvgIpc) is 3.08. The van der Waals surface area contributed by atoms with Crippen LogP contribution in [0.3, 0.4) is 0 Å². The third kappa shape index (κ3) is 3.90. The lowest BCUT2D eigenvalue weighted by Gasteiger charge is -2.29. The minimum Gasteiger partial charge on any atom is -0.369 e. The van der Waals surface area contributed by atoms with Gasteiger partial charge >= 0.3 is 0 Å². The Morgan fingerprint density at radius 3 is 2.79 bits per heavy atom. The molecule has 1 aliphatic heterocycles. The van der Waals surface area contributed by atoms with Gasteiger partial charge in [-0.3, -0.25) is 9.48 Å². The maximum absolute atomic E-state index is 14.4. The summed E-state index contributed by atoms with van der Waals surface area (Å²) in [6.07, 6.45) is 6.39. The summed E-state index contributed by atoms with van der Waals surface area (Å²) in [4.78, 5) is 18.1. The monoisotopic (exact) mass is 331 g/mol. The summed E-state index contributed by atoms with van der Waals surface area (Å²) in [6, 6.07) is 4.90. The van der Waals surface area contributed by atoms with E-state index in [1.165, 1.54) is 18.8 Å². The molecule has 0 spiro atoms. The Balaban J connectivity index is 1.62. The molecule has 1 aromatic carbocycles. The van der Waals surface area contributed by atoms with E-state index in [-0.39, 0.29) is 17.6 Å². The fourth-order valence-corrected chi connectivity index (χ4v) is 2.93. The Morgan fingerprint density at radius 2 is 2.12 bits per heavy atom. The molecule has 0 unspecified atom stereocenters. The number of carbonyl (C=O) groups excluding carboxylic acids is 1. The molecule has 0 bridgehead atoms. The number of halogens is 1. The summed E-state index contributed by atoms with van der Waals surface area (Å²) in [5.74, 6) is -0.759.